The minimum absolute atomic E-state index is 0.0404. The number of carboxylic acid groups (broad SMARTS) is 1. The monoisotopic (exact) mass is 720 g/mol. The first kappa shape index (κ1) is 40.5. The molecule has 0 aliphatic rings. The van der Waals surface area contributed by atoms with Gasteiger partial charge in [-0.2, -0.15) is 13.2 Å². The standard InChI is InChI=1S/C36H44F4N4O7/c1-21(2)15-27(44(7)34(49)51-35(3,4)5)32(46)43(6)28(18-36(38,39)40)31(45)42-24(16-22-11-9-8-10-12-22)20-50-29-14-13-26-25(30(29)33(47)48)17-23(37)19-41-26/h8-14,17,19,21,24,27-28H,15-16,18,20H2,1-7H3,(H,42,45)(H,47,48)/t24-,27+,28-/m1/s1. The van der Waals surface area contributed by atoms with Crippen LogP contribution in [-0.4, -0.2) is 94.4 Å². The number of carboxylic acids is 1. The lowest BCUT2D eigenvalue weighted by Gasteiger charge is -2.36. The number of halogens is 4. The van der Waals surface area contributed by atoms with Gasteiger partial charge >= 0.3 is 18.2 Å². The third-order valence-corrected chi connectivity index (χ3v) is 7.79. The predicted molar refractivity (Wildman–Crippen MR) is 181 cm³/mol. The van der Waals surface area contributed by atoms with Crippen molar-refractivity contribution in [1.82, 2.24) is 20.1 Å². The zero-order valence-corrected chi connectivity index (χ0v) is 29.6. The van der Waals surface area contributed by atoms with Crippen LogP contribution in [0.1, 0.15) is 63.4 Å². The number of aromatic nitrogens is 1. The summed E-state index contributed by atoms with van der Waals surface area (Å²) in [5.41, 5.74) is -0.453. The lowest BCUT2D eigenvalue weighted by Crippen LogP contribution is -2.57. The number of carbonyl (C=O) groups is 4. The zero-order chi connectivity index (χ0) is 38.3. The summed E-state index contributed by atoms with van der Waals surface area (Å²) in [6.45, 7) is 8.02. The number of carbonyl (C=O) groups excluding carboxylic acids is 3. The Morgan fingerprint density at radius 3 is 2.18 bits per heavy atom. The van der Waals surface area contributed by atoms with Gasteiger partial charge in [-0.3, -0.25) is 19.5 Å². The summed E-state index contributed by atoms with van der Waals surface area (Å²) >= 11 is 0. The lowest BCUT2D eigenvalue weighted by atomic mass is 10.00. The number of hydrogen-bond acceptors (Lipinski definition) is 7. The molecule has 3 aromatic rings. The summed E-state index contributed by atoms with van der Waals surface area (Å²) in [6.07, 6.45) is -6.39. The molecule has 1 heterocycles. The molecule has 0 aliphatic heterocycles. The van der Waals surface area contributed by atoms with Gasteiger partial charge in [0.15, 0.2) is 0 Å². The summed E-state index contributed by atoms with van der Waals surface area (Å²) in [5.74, 6) is -4.63. The van der Waals surface area contributed by atoms with E-state index in [0.29, 0.717) is 10.5 Å². The van der Waals surface area contributed by atoms with E-state index >= 15 is 0 Å². The third kappa shape index (κ3) is 11.8. The first-order chi connectivity index (χ1) is 23.7. The molecule has 3 amide bonds. The van der Waals surface area contributed by atoms with Crippen molar-refractivity contribution < 1.29 is 51.3 Å². The van der Waals surface area contributed by atoms with Crippen molar-refractivity contribution in [1.29, 1.82) is 0 Å². The van der Waals surface area contributed by atoms with Crippen LogP contribution in [0, 0.1) is 11.7 Å². The maximum absolute atomic E-state index is 14.0. The summed E-state index contributed by atoms with van der Waals surface area (Å²) in [6, 6.07) is 8.01. The second kappa shape index (κ2) is 16.8. The largest absolute Gasteiger partial charge is 0.491 e. The van der Waals surface area contributed by atoms with E-state index in [0.717, 1.165) is 24.2 Å². The number of fused-ring (bicyclic) bond motifs is 1. The van der Waals surface area contributed by atoms with Gasteiger partial charge in [-0.1, -0.05) is 44.2 Å². The Kier molecular flexibility index (Phi) is 13.4. The number of aromatic carboxylic acids is 1. The van der Waals surface area contributed by atoms with Gasteiger partial charge in [0, 0.05) is 19.5 Å². The van der Waals surface area contributed by atoms with Crippen molar-refractivity contribution in [2.45, 2.75) is 83.8 Å². The van der Waals surface area contributed by atoms with Crippen molar-refractivity contribution in [3.05, 3.63) is 71.7 Å². The minimum Gasteiger partial charge on any atom is -0.491 e. The number of hydrogen-bond donors (Lipinski definition) is 2. The molecular formula is C36H44F4N4O7. The number of amides is 3. The van der Waals surface area contributed by atoms with E-state index in [-0.39, 0.29) is 35.4 Å². The molecule has 11 nitrogen and oxygen atoms in total. The topological polar surface area (TPSA) is 138 Å². The van der Waals surface area contributed by atoms with Crippen LogP contribution in [0.25, 0.3) is 10.9 Å². The van der Waals surface area contributed by atoms with Crippen LogP contribution in [0.5, 0.6) is 5.75 Å². The molecule has 0 radical (unpaired) electrons. The van der Waals surface area contributed by atoms with Gasteiger partial charge < -0.3 is 24.8 Å². The Bertz CT molecular complexity index is 1700. The molecule has 0 aliphatic carbocycles. The van der Waals surface area contributed by atoms with Gasteiger partial charge in [-0.25, -0.2) is 14.0 Å². The molecule has 0 bridgehead atoms. The highest BCUT2D eigenvalue weighted by Crippen LogP contribution is 2.29. The molecule has 0 spiro atoms. The fourth-order valence-electron chi connectivity index (χ4n) is 5.38. The number of nitrogens with zero attached hydrogens (tertiary/aromatic N) is 3. The second-order valence-electron chi connectivity index (χ2n) is 13.7. The normalized spacial score (nSPS) is 13.6. The predicted octanol–water partition coefficient (Wildman–Crippen LogP) is 6.24. The molecule has 0 saturated carbocycles. The van der Waals surface area contributed by atoms with E-state index in [1.54, 1.807) is 65.0 Å². The van der Waals surface area contributed by atoms with Crippen molar-refractivity contribution in [3.8, 4) is 5.75 Å². The molecule has 0 saturated heterocycles. The number of rotatable bonds is 14. The van der Waals surface area contributed by atoms with Crippen LogP contribution in [0.15, 0.2) is 54.7 Å². The average molecular weight is 721 g/mol. The molecular weight excluding hydrogens is 676 g/mol. The van der Waals surface area contributed by atoms with Crippen LogP contribution in [-0.2, 0) is 20.7 Å². The van der Waals surface area contributed by atoms with Gasteiger partial charge in [-0.05, 0) is 63.3 Å². The first-order valence-electron chi connectivity index (χ1n) is 16.2. The number of likely N-dealkylation sites (N-methyl/N-ethyl adjacent to an activating group) is 2. The fraction of sp³-hybridized carbons (Fsp3) is 0.472. The Morgan fingerprint density at radius 2 is 1.61 bits per heavy atom. The Morgan fingerprint density at radius 1 is 0.961 bits per heavy atom. The van der Waals surface area contributed by atoms with E-state index in [2.05, 4.69) is 10.3 Å². The van der Waals surface area contributed by atoms with E-state index in [1.165, 1.54) is 19.2 Å². The molecule has 0 unspecified atom stereocenters. The van der Waals surface area contributed by atoms with Gasteiger partial charge in [0.05, 0.1) is 24.2 Å². The summed E-state index contributed by atoms with van der Waals surface area (Å²) in [4.78, 5) is 58.4. The zero-order valence-electron chi connectivity index (χ0n) is 29.6. The van der Waals surface area contributed by atoms with Crippen molar-refractivity contribution in [3.63, 3.8) is 0 Å². The SMILES string of the molecule is CC(C)C[C@@H](C(=O)N(C)[C@H](CC(F)(F)F)C(=O)N[C@@H](COc1ccc2ncc(F)cc2c1C(=O)O)Cc1ccccc1)N(C)C(=O)OC(C)(C)C. The maximum atomic E-state index is 14.0. The van der Waals surface area contributed by atoms with Crippen LogP contribution in [0.2, 0.25) is 0 Å². The van der Waals surface area contributed by atoms with Gasteiger partial charge in [-0.15, -0.1) is 0 Å². The summed E-state index contributed by atoms with van der Waals surface area (Å²) in [5, 5.41) is 12.5. The molecule has 2 N–H and O–H groups in total. The summed E-state index contributed by atoms with van der Waals surface area (Å²) < 4.78 is 67.2. The summed E-state index contributed by atoms with van der Waals surface area (Å²) in [7, 11) is 2.38. The van der Waals surface area contributed by atoms with Crippen molar-refractivity contribution in [2.75, 3.05) is 20.7 Å². The Hall–Kier alpha value is -4.95. The number of pyridine rings is 1. The smallest absolute Gasteiger partial charge is 0.410 e. The number of alkyl halides is 3. The van der Waals surface area contributed by atoms with Crippen LogP contribution < -0.4 is 10.1 Å². The molecule has 3 atom stereocenters. The molecule has 2 aromatic carbocycles. The van der Waals surface area contributed by atoms with E-state index < -0.39 is 78.2 Å². The highest BCUT2D eigenvalue weighted by Gasteiger charge is 2.42. The van der Waals surface area contributed by atoms with Gasteiger partial charge in [0.1, 0.15) is 41.4 Å². The molecule has 1 aromatic heterocycles. The molecule has 15 heteroatoms. The quantitative estimate of drug-likeness (QED) is 0.187. The van der Waals surface area contributed by atoms with E-state index in [9.17, 15) is 41.8 Å². The Labute approximate surface area is 293 Å². The fourth-order valence-corrected chi connectivity index (χ4v) is 5.38. The third-order valence-electron chi connectivity index (χ3n) is 7.79. The number of benzene rings is 2. The average Bonchev–Trinajstić information content (AvgIpc) is 3.02. The van der Waals surface area contributed by atoms with Crippen LogP contribution in [0.3, 0.4) is 0 Å². The van der Waals surface area contributed by atoms with E-state index in [1.807, 2.05) is 0 Å². The molecule has 278 valence electrons. The number of ether oxygens (including phenoxy) is 2. The Balaban J connectivity index is 1.96. The van der Waals surface area contributed by atoms with Crippen molar-refractivity contribution in [2.24, 2.45) is 5.92 Å². The highest BCUT2D eigenvalue weighted by molar-refractivity contribution is 6.05. The molecule has 51 heavy (non-hydrogen) atoms. The molecule has 3 rings (SSSR count). The molecule has 0 fully saturated rings. The van der Waals surface area contributed by atoms with Gasteiger partial charge in [0.25, 0.3) is 0 Å². The number of nitrogens with one attached hydrogen (secondary N) is 1. The van der Waals surface area contributed by atoms with Crippen LogP contribution >= 0.6 is 0 Å². The van der Waals surface area contributed by atoms with Crippen molar-refractivity contribution >= 4 is 34.8 Å². The van der Waals surface area contributed by atoms with Crippen LogP contribution in [0.4, 0.5) is 22.4 Å². The maximum Gasteiger partial charge on any atom is 0.410 e. The van der Waals surface area contributed by atoms with E-state index in [4.69, 9.17) is 9.47 Å². The highest BCUT2D eigenvalue weighted by atomic mass is 19.4. The first-order valence-corrected chi connectivity index (χ1v) is 16.2. The van der Waals surface area contributed by atoms with Gasteiger partial charge in [0.2, 0.25) is 11.8 Å². The second-order valence-corrected chi connectivity index (χ2v) is 13.7. The lowest BCUT2D eigenvalue weighted by molar-refractivity contribution is -0.163. The minimum atomic E-state index is -4.88.